The lowest BCUT2D eigenvalue weighted by Crippen LogP contribution is -2.24. The lowest BCUT2D eigenvalue weighted by atomic mass is 10.0. The molecule has 5 rings (SSSR count). The van der Waals surface area contributed by atoms with Gasteiger partial charge in [-0.3, -0.25) is 5.10 Å². The van der Waals surface area contributed by atoms with Gasteiger partial charge in [0.25, 0.3) is 0 Å². The highest BCUT2D eigenvalue weighted by Gasteiger charge is 2.32. The Hall–Kier alpha value is -2.44. The number of hydrogen-bond donors (Lipinski definition) is 2. The molecule has 23 heavy (non-hydrogen) atoms. The number of aromatic amines is 2. The first-order valence-electron chi connectivity index (χ1n) is 8.38. The Balaban J connectivity index is 1.55. The maximum atomic E-state index is 4.91. The van der Waals surface area contributed by atoms with E-state index in [-0.39, 0.29) is 6.04 Å². The number of aromatic nitrogens is 6. The van der Waals surface area contributed by atoms with Crippen molar-refractivity contribution in [2.75, 3.05) is 11.4 Å². The molecule has 0 unspecified atom stereocenters. The third-order valence-corrected chi connectivity index (χ3v) is 5.04. The van der Waals surface area contributed by atoms with Gasteiger partial charge in [-0.2, -0.15) is 5.10 Å². The number of imidazole rings is 1. The minimum Gasteiger partial charge on any atom is -0.346 e. The number of fused-ring (bicyclic) bond motifs is 2. The first kappa shape index (κ1) is 13.0. The summed E-state index contributed by atoms with van der Waals surface area (Å²) in [6.45, 7) is 0.993. The molecule has 0 amide bonds. The van der Waals surface area contributed by atoms with E-state index >= 15 is 0 Å². The number of aryl methyl sites for hydroxylation is 2. The third kappa shape index (κ3) is 2.03. The van der Waals surface area contributed by atoms with E-state index in [1.165, 1.54) is 24.2 Å². The summed E-state index contributed by atoms with van der Waals surface area (Å²) in [5.74, 6) is 2.06. The van der Waals surface area contributed by atoms with Crippen LogP contribution in [0.2, 0.25) is 0 Å². The van der Waals surface area contributed by atoms with Gasteiger partial charge < -0.3 is 9.88 Å². The minimum absolute atomic E-state index is 0.272. The topological polar surface area (TPSA) is 86.4 Å². The number of anilines is 1. The van der Waals surface area contributed by atoms with E-state index in [2.05, 4.69) is 30.0 Å². The maximum absolute atomic E-state index is 4.91. The molecule has 0 saturated carbocycles. The highest BCUT2D eigenvalue weighted by Crippen LogP contribution is 2.37. The number of H-pyrrole nitrogens is 2. The van der Waals surface area contributed by atoms with Crippen molar-refractivity contribution in [1.29, 1.82) is 0 Å². The Morgan fingerprint density at radius 1 is 1.13 bits per heavy atom. The van der Waals surface area contributed by atoms with Crippen molar-refractivity contribution in [3.05, 3.63) is 29.7 Å². The van der Waals surface area contributed by atoms with E-state index in [9.17, 15) is 0 Å². The van der Waals surface area contributed by atoms with E-state index in [1.807, 2.05) is 6.20 Å². The van der Waals surface area contributed by atoms with Crippen LogP contribution in [0.25, 0.3) is 11.0 Å². The molecular weight excluding hydrogens is 290 g/mol. The lowest BCUT2D eigenvalue weighted by Gasteiger charge is -2.24. The van der Waals surface area contributed by atoms with E-state index in [0.29, 0.717) is 0 Å². The number of rotatable bonds is 2. The van der Waals surface area contributed by atoms with E-state index < -0.39 is 0 Å². The van der Waals surface area contributed by atoms with E-state index in [1.54, 1.807) is 6.33 Å². The molecule has 1 saturated heterocycles. The standard InChI is InChI=1S/C16H19N7/c1-2-5-12-11(4-1)20-15(21-12)13-6-3-7-23(13)16-10-8-19-22-14(10)17-9-18-16/h8-9,13H,1-7H2,(H,20,21)(H,17,18,19,22)/t13-/m0/s1. The quantitative estimate of drug-likeness (QED) is 0.758. The van der Waals surface area contributed by atoms with Crippen LogP contribution in [-0.2, 0) is 12.8 Å². The minimum atomic E-state index is 0.272. The Morgan fingerprint density at radius 3 is 3.04 bits per heavy atom. The van der Waals surface area contributed by atoms with Crippen LogP contribution in [0.5, 0.6) is 0 Å². The van der Waals surface area contributed by atoms with Crippen molar-refractivity contribution in [3.8, 4) is 0 Å². The van der Waals surface area contributed by atoms with Crippen LogP contribution in [0, 0.1) is 0 Å². The van der Waals surface area contributed by atoms with Crippen LogP contribution < -0.4 is 4.90 Å². The van der Waals surface area contributed by atoms with Crippen LogP contribution in [-0.4, -0.2) is 36.7 Å². The molecule has 1 aliphatic heterocycles. The zero-order chi connectivity index (χ0) is 15.2. The molecule has 3 aromatic heterocycles. The molecule has 7 heteroatoms. The molecule has 1 atom stereocenters. The van der Waals surface area contributed by atoms with Gasteiger partial charge in [-0.25, -0.2) is 15.0 Å². The highest BCUT2D eigenvalue weighted by molar-refractivity contribution is 5.86. The SMILES string of the molecule is c1nc(N2CCC[C@H]2c2nc3c([nH]2)CCCC3)c2cn[nH]c2n1. The smallest absolute Gasteiger partial charge is 0.160 e. The first-order valence-corrected chi connectivity index (χ1v) is 8.38. The Kier molecular flexibility index (Phi) is 2.86. The summed E-state index contributed by atoms with van der Waals surface area (Å²) in [6, 6.07) is 0.272. The average Bonchev–Trinajstić information content (AvgIpc) is 3.31. The summed E-state index contributed by atoms with van der Waals surface area (Å²) in [4.78, 5) is 19.6. The summed E-state index contributed by atoms with van der Waals surface area (Å²) >= 11 is 0. The number of nitrogens with zero attached hydrogens (tertiary/aromatic N) is 5. The van der Waals surface area contributed by atoms with Crippen molar-refractivity contribution < 1.29 is 0 Å². The third-order valence-electron chi connectivity index (χ3n) is 5.04. The van der Waals surface area contributed by atoms with Gasteiger partial charge in [-0.15, -0.1) is 0 Å². The van der Waals surface area contributed by atoms with Crippen LogP contribution in [0.15, 0.2) is 12.5 Å². The van der Waals surface area contributed by atoms with Gasteiger partial charge in [0.2, 0.25) is 0 Å². The predicted molar refractivity (Wildman–Crippen MR) is 86.2 cm³/mol. The number of hydrogen-bond acceptors (Lipinski definition) is 5. The Bertz CT molecular complexity index is 826. The van der Waals surface area contributed by atoms with Crippen LogP contribution >= 0.6 is 0 Å². The summed E-state index contributed by atoms with van der Waals surface area (Å²) in [6.07, 6.45) is 10.4. The second-order valence-corrected chi connectivity index (χ2v) is 6.44. The van der Waals surface area contributed by atoms with Crippen molar-refractivity contribution in [1.82, 2.24) is 30.1 Å². The summed E-state index contributed by atoms with van der Waals surface area (Å²) in [7, 11) is 0. The van der Waals surface area contributed by atoms with Crippen molar-refractivity contribution in [2.24, 2.45) is 0 Å². The molecule has 1 aliphatic carbocycles. The fourth-order valence-corrected chi connectivity index (χ4v) is 3.92. The normalized spacial score (nSPS) is 21.0. The van der Waals surface area contributed by atoms with E-state index in [0.717, 1.165) is 54.9 Å². The molecule has 2 N–H and O–H groups in total. The van der Waals surface area contributed by atoms with Gasteiger partial charge >= 0.3 is 0 Å². The molecule has 4 heterocycles. The zero-order valence-corrected chi connectivity index (χ0v) is 12.9. The van der Waals surface area contributed by atoms with E-state index in [4.69, 9.17) is 4.98 Å². The fourth-order valence-electron chi connectivity index (χ4n) is 3.92. The van der Waals surface area contributed by atoms with Gasteiger partial charge in [0, 0.05) is 12.2 Å². The average molecular weight is 309 g/mol. The van der Waals surface area contributed by atoms with Crippen molar-refractivity contribution in [3.63, 3.8) is 0 Å². The molecule has 0 bridgehead atoms. The molecule has 0 radical (unpaired) electrons. The van der Waals surface area contributed by atoms with Gasteiger partial charge in [0.05, 0.1) is 23.3 Å². The lowest BCUT2D eigenvalue weighted by molar-refractivity contribution is 0.667. The van der Waals surface area contributed by atoms with Gasteiger partial charge in [-0.1, -0.05) is 0 Å². The van der Waals surface area contributed by atoms with Gasteiger partial charge in [0.1, 0.15) is 18.0 Å². The van der Waals surface area contributed by atoms with Crippen LogP contribution in [0.1, 0.15) is 48.9 Å². The second kappa shape index (κ2) is 5.04. The molecule has 2 aliphatic rings. The first-order chi connectivity index (χ1) is 11.4. The summed E-state index contributed by atoms with van der Waals surface area (Å²) in [5.41, 5.74) is 3.41. The summed E-state index contributed by atoms with van der Waals surface area (Å²) in [5, 5.41) is 8.02. The van der Waals surface area contributed by atoms with Crippen molar-refractivity contribution >= 4 is 16.9 Å². The molecular formula is C16H19N7. The molecule has 7 nitrogen and oxygen atoms in total. The molecule has 1 fully saturated rings. The highest BCUT2D eigenvalue weighted by atomic mass is 15.3. The number of nitrogens with one attached hydrogen (secondary N) is 2. The monoisotopic (exact) mass is 309 g/mol. The molecule has 118 valence electrons. The summed E-state index contributed by atoms with van der Waals surface area (Å²) < 4.78 is 0. The zero-order valence-electron chi connectivity index (χ0n) is 12.9. The second-order valence-electron chi connectivity index (χ2n) is 6.44. The fraction of sp³-hybridized carbons (Fsp3) is 0.500. The predicted octanol–water partition coefficient (Wildman–Crippen LogP) is 2.30. The Labute approximate surface area is 133 Å². The Morgan fingerprint density at radius 2 is 2.09 bits per heavy atom. The van der Waals surface area contributed by atoms with Crippen LogP contribution in [0.3, 0.4) is 0 Å². The van der Waals surface area contributed by atoms with Gasteiger partial charge in [-0.05, 0) is 38.5 Å². The maximum Gasteiger partial charge on any atom is 0.160 e. The molecule has 0 spiro atoms. The largest absolute Gasteiger partial charge is 0.346 e. The van der Waals surface area contributed by atoms with Gasteiger partial charge in [0.15, 0.2) is 5.65 Å². The molecule has 3 aromatic rings. The molecule has 0 aromatic carbocycles. The van der Waals surface area contributed by atoms with Crippen molar-refractivity contribution in [2.45, 2.75) is 44.6 Å². The van der Waals surface area contributed by atoms with Crippen LogP contribution in [0.4, 0.5) is 5.82 Å².